The molecule has 0 unspecified atom stereocenters. The van der Waals surface area contributed by atoms with Crippen molar-refractivity contribution in [2.75, 3.05) is 13.7 Å². The Hall–Kier alpha value is -1.86. The molecule has 1 amide bonds. The van der Waals surface area contributed by atoms with Crippen molar-refractivity contribution in [2.24, 2.45) is 0 Å². The zero-order chi connectivity index (χ0) is 15.4. The lowest BCUT2D eigenvalue weighted by Crippen LogP contribution is -2.30. The van der Waals surface area contributed by atoms with Gasteiger partial charge >= 0.3 is 5.97 Å². The maximum absolute atomic E-state index is 12.2. The van der Waals surface area contributed by atoms with Gasteiger partial charge in [0.05, 0.1) is 18.4 Å². The van der Waals surface area contributed by atoms with E-state index in [1.807, 2.05) is 18.2 Å². The van der Waals surface area contributed by atoms with E-state index in [0.717, 1.165) is 5.56 Å². The van der Waals surface area contributed by atoms with Gasteiger partial charge in [-0.3, -0.25) is 14.5 Å². The number of thioether (sulfide) groups is 1. The molecule has 21 heavy (non-hydrogen) atoms. The number of carbonyl (C=O) groups is 2. The summed E-state index contributed by atoms with van der Waals surface area (Å²) in [5.41, 5.74) is 0.777. The van der Waals surface area contributed by atoms with E-state index < -0.39 is 5.97 Å². The summed E-state index contributed by atoms with van der Waals surface area (Å²) >= 11 is 6.30. The molecule has 1 aromatic carbocycles. The second-order valence-electron chi connectivity index (χ2n) is 4.22. The fourth-order valence-electron chi connectivity index (χ4n) is 1.83. The summed E-state index contributed by atoms with van der Waals surface area (Å²) < 4.78 is 5.61. The lowest BCUT2D eigenvalue weighted by molar-refractivity contribution is -0.137. The number of carboxylic acids is 1. The molecule has 0 radical (unpaired) electrons. The molecule has 110 valence electrons. The average Bonchev–Trinajstić information content (AvgIpc) is 2.72. The Morgan fingerprint density at radius 2 is 2.19 bits per heavy atom. The second kappa shape index (κ2) is 6.73. The standard InChI is InChI=1S/C14H13NO4S2/c1-19-10-5-3-2-4-9(10)8-11-13(18)15(14(20)21-11)7-6-12(16)17/h2-5,8H,6-7H2,1H3,(H,16,17)/b11-8-. The third kappa shape index (κ3) is 3.62. The Balaban J connectivity index is 2.22. The summed E-state index contributed by atoms with van der Waals surface area (Å²) in [6.45, 7) is 0.0866. The van der Waals surface area contributed by atoms with Gasteiger partial charge in [0.1, 0.15) is 10.1 Å². The molecule has 2 rings (SSSR count). The quantitative estimate of drug-likeness (QED) is 0.663. The average molecular weight is 323 g/mol. The molecular weight excluding hydrogens is 310 g/mol. The van der Waals surface area contributed by atoms with Crippen molar-refractivity contribution in [1.29, 1.82) is 0 Å². The van der Waals surface area contributed by atoms with Crippen molar-refractivity contribution in [1.82, 2.24) is 4.90 Å². The predicted octanol–water partition coefficient (Wildman–Crippen LogP) is 2.37. The maximum atomic E-state index is 12.2. The first-order valence-electron chi connectivity index (χ1n) is 6.13. The van der Waals surface area contributed by atoms with E-state index in [1.165, 1.54) is 16.7 Å². The zero-order valence-electron chi connectivity index (χ0n) is 11.2. The Kier molecular flexibility index (Phi) is 4.98. The highest BCUT2D eigenvalue weighted by Gasteiger charge is 2.32. The van der Waals surface area contributed by atoms with Gasteiger partial charge in [0.25, 0.3) is 5.91 Å². The molecule has 1 aromatic rings. The molecule has 5 nitrogen and oxygen atoms in total. The van der Waals surface area contributed by atoms with Crippen LogP contribution in [-0.4, -0.2) is 39.9 Å². The Labute approximate surface area is 131 Å². The topological polar surface area (TPSA) is 66.8 Å². The lowest BCUT2D eigenvalue weighted by Gasteiger charge is -2.12. The molecule has 0 atom stereocenters. The smallest absolute Gasteiger partial charge is 0.305 e. The third-order valence-electron chi connectivity index (χ3n) is 2.85. The van der Waals surface area contributed by atoms with E-state index >= 15 is 0 Å². The van der Waals surface area contributed by atoms with E-state index in [4.69, 9.17) is 22.1 Å². The highest BCUT2D eigenvalue weighted by molar-refractivity contribution is 8.26. The van der Waals surface area contributed by atoms with Crippen LogP contribution in [0.2, 0.25) is 0 Å². The van der Waals surface area contributed by atoms with E-state index in [2.05, 4.69) is 0 Å². The first kappa shape index (κ1) is 15.5. The van der Waals surface area contributed by atoms with Crippen LogP contribution in [0.3, 0.4) is 0 Å². The number of methoxy groups -OCH3 is 1. The second-order valence-corrected chi connectivity index (χ2v) is 5.89. The highest BCUT2D eigenvalue weighted by Crippen LogP contribution is 2.34. The van der Waals surface area contributed by atoms with Crippen LogP contribution in [0.25, 0.3) is 6.08 Å². The molecule has 0 aromatic heterocycles. The van der Waals surface area contributed by atoms with Crippen LogP contribution in [0.15, 0.2) is 29.2 Å². The molecule has 0 aliphatic carbocycles. The van der Waals surface area contributed by atoms with Gasteiger partial charge < -0.3 is 9.84 Å². The van der Waals surface area contributed by atoms with Crippen molar-refractivity contribution < 1.29 is 19.4 Å². The molecule has 1 fully saturated rings. The number of carboxylic acid groups (broad SMARTS) is 1. The Morgan fingerprint density at radius 3 is 2.86 bits per heavy atom. The number of benzene rings is 1. The van der Waals surface area contributed by atoms with Crippen molar-refractivity contribution in [3.63, 3.8) is 0 Å². The normalized spacial score (nSPS) is 16.6. The number of rotatable bonds is 5. The van der Waals surface area contributed by atoms with E-state index in [1.54, 1.807) is 19.3 Å². The Morgan fingerprint density at radius 1 is 1.48 bits per heavy atom. The number of ether oxygens (including phenoxy) is 1. The van der Waals surface area contributed by atoms with Crippen LogP contribution >= 0.6 is 24.0 Å². The van der Waals surface area contributed by atoms with Crippen LogP contribution in [0.4, 0.5) is 0 Å². The summed E-state index contributed by atoms with van der Waals surface area (Å²) in [7, 11) is 1.56. The summed E-state index contributed by atoms with van der Waals surface area (Å²) in [5, 5.41) is 8.70. The number of thiocarbonyl (C=S) groups is 1. The summed E-state index contributed by atoms with van der Waals surface area (Å²) in [6, 6.07) is 7.33. The monoisotopic (exact) mass is 323 g/mol. The SMILES string of the molecule is COc1ccccc1/C=C1\SC(=S)N(CCC(=O)O)C1=O. The van der Waals surface area contributed by atoms with Gasteiger partial charge in [-0.1, -0.05) is 42.2 Å². The van der Waals surface area contributed by atoms with Gasteiger partial charge in [0, 0.05) is 12.1 Å². The summed E-state index contributed by atoms with van der Waals surface area (Å²) in [6.07, 6.45) is 1.58. The van der Waals surface area contributed by atoms with Gasteiger partial charge in [0.2, 0.25) is 0 Å². The minimum atomic E-state index is -0.960. The van der Waals surface area contributed by atoms with Crippen molar-refractivity contribution >= 4 is 46.3 Å². The van der Waals surface area contributed by atoms with Crippen LogP contribution in [-0.2, 0) is 9.59 Å². The highest BCUT2D eigenvalue weighted by atomic mass is 32.2. The van der Waals surface area contributed by atoms with Crippen molar-refractivity contribution in [3.05, 3.63) is 34.7 Å². The van der Waals surface area contributed by atoms with Crippen LogP contribution in [0.5, 0.6) is 5.75 Å². The maximum Gasteiger partial charge on any atom is 0.305 e. The fraction of sp³-hybridized carbons (Fsp3) is 0.214. The molecule has 7 heteroatoms. The minimum absolute atomic E-state index is 0.0866. The molecule has 0 bridgehead atoms. The molecule has 1 heterocycles. The van der Waals surface area contributed by atoms with Crippen LogP contribution < -0.4 is 4.74 Å². The number of aliphatic carboxylic acids is 1. The number of nitrogens with zero attached hydrogens (tertiary/aromatic N) is 1. The van der Waals surface area contributed by atoms with E-state index in [9.17, 15) is 9.59 Å². The summed E-state index contributed by atoms with van der Waals surface area (Å²) in [4.78, 5) is 24.6. The predicted molar refractivity (Wildman–Crippen MR) is 85.1 cm³/mol. The molecule has 1 N–H and O–H groups in total. The van der Waals surface area contributed by atoms with Crippen molar-refractivity contribution in [3.8, 4) is 5.75 Å². The lowest BCUT2D eigenvalue weighted by atomic mass is 10.2. The number of carbonyl (C=O) groups excluding carboxylic acids is 1. The van der Waals surface area contributed by atoms with Gasteiger partial charge in [-0.15, -0.1) is 0 Å². The fourth-order valence-corrected chi connectivity index (χ4v) is 3.13. The third-order valence-corrected chi connectivity index (χ3v) is 4.23. The van der Waals surface area contributed by atoms with E-state index in [0.29, 0.717) is 15.0 Å². The Bertz CT molecular complexity index is 627. The van der Waals surface area contributed by atoms with Gasteiger partial charge in [0.15, 0.2) is 0 Å². The number of hydrogen-bond acceptors (Lipinski definition) is 5. The molecule has 0 spiro atoms. The first-order chi connectivity index (χ1) is 10.0. The van der Waals surface area contributed by atoms with Crippen LogP contribution in [0, 0.1) is 0 Å². The van der Waals surface area contributed by atoms with Gasteiger partial charge in [-0.2, -0.15) is 0 Å². The zero-order valence-corrected chi connectivity index (χ0v) is 12.9. The largest absolute Gasteiger partial charge is 0.496 e. The molecule has 1 aliphatic heterocycles. The molecular formula is C14H13NO4S2. The van der Waals surface area contributed by atoms with Crippen molar-refractivity contribution in [2.45, 2.75) is 6.42 Å². The van der Waals surface area contributed by atoms with Gasteiger partial charge in [-0.05, 0) is 12.1 Å². The first-order valence-corrected chi connectivity index (χ1v) is 7.35. The number of para-hydroxylation sites is 1. The van der Waals surface area contributed by atoms with Gasteiger partial charge in [-0.25, -0.2) is 0 Å². The number of amides is 1. The van der Waals surface area contributed by atoms with E-state index in [-0.39, 0.29) is 18.9 Å². The molecule has 1 aliphatic rings. The minimum Gasteiger partial charge on any atom is -0.496 e. The molecule has 1 saturated heterocycles. The summed E-state index contributed by atoms with van der Waals surface area (Å²) in [5.74, 6) is -0.566. The molecule has 0 saturated carbocycles. The van der Waals surface area contributed by atoms with Crippen LogP contribution in [0.1, 0.15) is 12.0 Å². The number of hydrogen-bond donors (Lipinski definition) is 1.